The second kappa shape index (κ2) is 15.5. The molecule has 0 saturated carbocycles. The van der Waals surface area contributed by atoms with Crippen LogP contribution < -0.4 is 60.1 Å². The van der Waals surface area contributed by atoms with Crippen molar-refractivity contribution >= 4 is 178 Å². The van der Waals surface area contributed by atoms with Crippen LogP contribution in [-0.4, -0.2) is 101 Å². The molecule has 3 nitrogen and oxygen atoms in total. The zero-order valence-electron chi connectivity index (χ0n) is 32.0. The van der Waals surface area contributed by atoms with Crippen molar-refractivity contribution in [1.29, 1.82) is 0 Å². The molecule has 0 aliphatic rings. The van der Waals surface area contributed by atoms with E-state index in [2.05, 4.69) is 0 Å². The molecule has 60 heavy (non-hydrogen) atoms. The van der Waals surface area contributed by atoms with Gasteiger partial charge in [0.1, 0.15) is 86.3 Å². The molecule has 0 aliphatic carbocycles. The number of thiophene rings is 1. The molecule has 9 rings (SSSR count). The van der Waals surface area contributed by atoms with Gasteiger partial charge in [0.05, 0.1) is 0 Å². The lowest BCUT2D eigenvalue weighted by Gasteiger charge is -2.26. The van der Waals surface area contributed by atoms with Gasteiger partial charge < -0.3 is 0 Å². The van der Waals surface area contributed by atoms with E-state index in [1.54, 1.807) is 0 Å². The Kier molecular flexibility index (Phi) is 10.3. The lowest BCUT2D eigenvalue weighted by Crippen LogP contribution is -2.55. The first-order chi connectivity index (χ1) is 28.8. The number of benzene rings is 7. The van der Waals surface area contributed by atoms with E-state index >= 15 is 0 Å². The molecule has 0 spiro atoms. The van der Waals surface area contributed by atoms with Gasteiger partial charge in [0.25, 0.3) is 0 Å². The van der Waals surface area contributed by atoms with Crippen LogP contribution in [0.25, 0.3) is 87.7 Å². The van der Waals surface area contributed by atoms with Crippen molar-refractivity contribution in [3.8, 4) is 67.5 Å². The molecule has 9 aromatic rings. The third-order valence-corrected chi connectivity index (χ3v) is 12.2. The minimum absolute atomic E-state index is 0.0148. The monoisotopic (exact) mass is 753 g/mol. The number of fused-ring (bicyclic) bond motifs is 3. The van der Waals surface area contributed by atoms with Gasteiger partial charge in [0.2, 0.25) is 0 Å². The highest BCUT2D eigenvalue weighted by Gasteiger charge is 2.27. The first kappa shape index (κ1) is 39.9. The number of rotatable bonds is 6. The third-order valence-electron chi connectivity index (χ3n) is 10.9. The fraction of sp³-hybridized carbons (Fsp3) is 0. The van der Waals surface area contributed by atoms with Gasteiger partial charge in [-0.15, -0.1) is 38.7 Å². The maximum atomic E-state index is 7.31. The van der Waals surface area contributed by atoms with Gasteiger partial charge in [-0.1, -0.05) is 142 Å². The second-order valence-corrected chi connectivity index (χ2v) is 15.4. The van der Waals surface area contributed by atoms with Crippen LogP contribution in [0.1, 0.15) is 0 Å². The van der Waals surface area contributed by atoms with Crippen LogP contribution in [0.4, 0.5) is 0 Å². The van der Waals surface area contributed by atoms with E-state index in [0.29, 0.717) is 37.4 Å². The summed E-state index contributed by atoms with van der Waals surface area (Å²) in [5.41, 5.74) is 7.42. The highest BCUT2D eigenvalue weighted by molar-refractivity contribution is 7.28. The van der Waals surface area contributed by atoms with Gasteiger partial charge in [-0.25, -0.2) is 15.0 Å². The molecule has 0 atom stereocenters. The predicted octanol–water partition coefficient (Wildman–Crippen LogP) is -1.03. The minimum Gasteiger partial charge on any atom is -0.208 e. The Balaban J connectivity index is 1.36. The normalized spacial score (nSPS) is 11.4. The van der Waals surface area contributed by atoms with E-state index in [1.165, 1.54) is 11.3 Å². The molecular formula is C45H18B11N3S. The first-order valence-corrected chi connectivity index (χ1v) is 19.5. The molecule has 15 heteroatoms. The molecule has 0 N–H and O–H groups in total. The number of hydrogen-bond acceptors (Lipinski definition) is 4. The Hall–Kier alpha value is -5.52. The van der Waals surface area contributed by atoms with E-state index in [-0.39, 0.29) is 77.0 Å². The summed E-state index contributed by atoms with van der Waals surface area (Å²) in [5.74, 6) is 0.901. The smallest absolute Gasteiger partial charge is 0.164 e. The Labute approximate surface area is 367 Å². The highest BCUT2D eigenvalue weighted by Crippen LogP contribution is 2.38. The standard InChI is InChI=1S/C45H18B11N3S/c46-30-25(27-31(47)35(51)38(54)36(52)32(27)48)26-28-33(49)37(53)39(55)40(56)42(28)60-41(26)34(50)29(30)45-58-43(23-15-11-21(12-16-23)19-7-3-1-4-8-19)57-44(59-45)24-17-13-22(14-18-24)20-9-5-2-6-10-20/h1-18H. The fourth-order valence-corrected chi connectivity index (χ4v) is 8.88. The number of aromatic nitrogens is 3. The summed E-state index contributed by atoms with van der Waals surface area (Å²) in [5, 5.41) is 0.898. The SMILES string of the molecule is [B]c1c([B])c([B])c(-c2c([B])c(-c3nc(-c4ccc(-c5ccccc5)cc4)nc(-c4ccc(-c5ccccc5)cc4)n3)c([B])c3sc4c([B])c([B])c([B])c([B])c4c23)c([B])c1[B]. The summed E-state index contributed by atoms with van der Waals surface area (Å²) < 4.78 is 1.02. The average Bonchev–Trinajstić information content (AvgIpc) is 3.69. The first-order valence-electron chi connectivity index (χ1n) is 18.6. The van der Waals surface area contributed by atoms with E-state index in [0.717, 1.165) is 33.4 Å². The molecule has 0 fully saturated rings. The summed E-state index contributed by atoms with van der Waals surface area (Å²) >= 11 is 1.24. The van der Waals surface area contributed by atoms with E-state index in [9.17, 15) is 0 Å². The van der Waals surface area contributed by atoms with Crippen LogP contribution in [0.3, 0.4) is 0 Å². The van der Waals surface area contributed by atoms with Crippen LogP contribution in [0.15, 0.2) is 109 Å². The largest absolute Gasteiger partial charge is 0.208 e. The van der Waals surface area contributed by atoms with Crippen LogP contribution >= 0.6 is 11.3 Å². The molecule has 22 radical (unpaired) electrons. The summed E-state index contributed by atoms with van der Waals surface area (Å²) in [7, 11) is 73.3. The van der Waals surface area contributed by atoms with E-state index in [4.69, 9.17) is 101 Å². The van der Waals surface area contributed by atoms with Crippen molar-refractivity contribution in [3.05, 3.63) is 109 Å². The van der Waals surface area contributed by atoms with Crippen molar-refractivity contribution in [2.75, 3.05) is 0 Å². The maximum absolute atomic E-state index is 7.31. The maximum Gasteiger partial charge on any atom is 0.164 e. The van der Waals surface area contributed by atoms with Gasteiger partial charge in [-0.05, 0) is 38.8 Å². The molecule has 0 saturated heterocycles. The summed E-state index contributed by atoms with van der Waals surface area (Å²) in [6.07, 6.45) is 0. The number of nitrogens with zero attached hydrogens (tertiary/aromatic N) is 3. The molecule has 0 amide bonds. The van der Waals surface area contributed by atoms with Crippen LogP contribution in [0.2, 0.25) is 0 Å². The van der Waals surface area contributed by atoms with Crippen molar-refractivity contribution in [3.63, 3.8) is 0 Å². The lowest BCUT2D eigenvalue weighted by atomic mass is 9.58. The molecule has 2 heterocycles. The molecular weight excluding hydrogens is 734 g/mol. The predicted molar refractivity (Wildman–Crippen MR) is 265 cm³/mol. The quantitative estimate of drug-likeness (QED) is 0.205. The topological polar surface area (TPSA) is 38.7 Å². The van der Waals surface area contributed by atoms with Crippen molar-refractivity contribution in [1.82, 2.24) is 15.0 Å². The summed E-state index contributed by atoms with van der Waals surface area (Å²) in [4.78, 5) is 15.1. The fourth-order valence-electron chi connectivity index (χ4n) is 7.62. The van der Waals surface area contributed by atoms with Crippen molar-refractivity contribution < 1.29 is 0 Å². The van der Waals surface area contributed by atoms with Crippen LogP contribution in [-0.2, 0) is 0 Å². The molecule has 0 bridgehead atoms. The van der Waals surface area contributed by atoms with Gasteiger partial charge in [0, 0.05) is 31.5 Å². The Morgan fingerprint density at radius 1 is 0.267 bits per heavy atom. The van der Waals surface area contributed by atoms with Gasteiger partial charge in [-0.3, -0.25) is 0 Å². The van der Waals surface area contributed by atoms with E-state index in [1.807, 2.05) is 109 Å². The molecule has 7 aromatic carbocycles. The minimum atomic E-state index is 0.0148. The summed E-state index contributed by atoms with van der Waals surface area (Å²) in [6, 6.07) is 36.0. The Bertz CT molecular complexity index is 3060. The molecule has 0 unspecified atom stereocenters. The average molecular weight is 752 g/mol. The third kappa shape index (κ3) is 6.48. The van der Waals surface area contributed by atoms with Gasteiger partial charge in [-0.2, -0.15) is 0 Å². The Morgan fingerprint density at radius 3 is 1.12 bits per heavy atom. The van der Waals surface area contributed by atoms with Crippen LogP contribution in [0.5, 0.6) is 0 Å². The second-order valence-electron chi connectivity index (χ2n) is 14.4. The highest BCUT2D eigenvalue weighted by atomic mass is 32.1. The van der Waals surface area contributed by atoms with Crippen molar-refractivity contribution in [2.45, 2.75) is 0 Å². The zero-order valence-corrected chi connectivity index (χ0v) is 32.8. The van der Waals surface area contributed by atoms with Crippen LogP contribution in [0, 0.1) is 0 Å². The van der Waals surface area contributed by atoms with E-state index < -0.39 is 0 Å². The molecule has 252 valence electrons. The summed E-state index contributed by atoms with van der Waals surface area (Å²) in [6.45, 7) is 0. The lowest BCUT2D eigenvalue weighted by molar-refractivity contribution is 1.08. The number of hydrogen-bond donors (Lipinski definition) is 0. The zero-order chi connectivity index (χ0) is 42.1. The molecule has 2 aromatic heterocycles. The van der Waals surface area contributed by atoms with Crippen molar-refractivity contribution in [2.24, 2.45) is 0 Å². The Morgan fingerprint density at radius 2 is 0.633 bits per heavy atom. The molecule has 0 aliphatic heterocycles. The van der Waals surface area contributed by atoms with Gasteiger partial charge >= 0.3 is 0 Å². The van der Waals surface area contributed by atoms with Gasteiger partial charge in [0.15, 0.2) is 17.5 Å².